The molecular weight excluding hydrogens is 364 g/mol. The molecule has 2 aromatic carbocycles. The number of hydrogen-bond acceptors (Lipinski definition) is 4. The van der Waals surface area contributed by atoms with Crippen LogP contribution in [-0.2, 0) is 10.2 Å². The summed E-state index contributed by atoms with van der Waals surface area (Å²) in [4.78, 5) is 27.0. The van der Waals surface area contributed by atoms with Gasteiger partial charge in [-0.05, 0) is 28.7 Å². The number of carboxylic acids is 1. The van der Waals surface area contributed by atoms with Crippen molar-refractivity contribution in [2.75, 3.05) is 0 Å². The molecule has 0 saturated heterocycles. The number of carbonyl (C=O) groups is 2. The first-order valence-electron chi connectivity index (χ1n) is 8.38. The minimum Gasteiger partial charge on any atom is -0.481 e. The van der Waals surface area contributed by atoms with E-state index < -0.39 is 11.9 Å². The summed E-state index contributed by atoms with van der Waals surface area (Å²) in [6, 6.07) is 13.4. The van der Waals surface area contributed by atoms with Crippen LogP contribution in [0, 0.1) is 0 Å². The SMILES string of the molecule is CC(C)(C)c1ccc2c(c1)SC(=C1C(=O)c3ccccc3C1C(=O)O)S2. The molecule has 1 heterocycles. The summed E-state index contributed by atoms with van der Waals surface area (Å²) in [5, 5.41) is 9.77. The van der Waals surface area contributed by atoms with Crippen LogP contribution in [0.1, 0.15) is 48.2 Å². The Hall–Kier alpha value is -1.98. The molecule has 2 aliphatic rings. The Kier molecular flexibility index (Phi) is 4.04. The lowest BCUT2D eigenvalue weighted by molar-refractivity contribution is -0.137. The molecule has 0 fully saturated rings. The molecule has 1 unspecified atom stereocenters. The Morgan fingerprint density at radius 2 is 1.73 bits per heavy atom. The van der Waals surface area contributed by atoms with E-state index in [0.29, 0.717) is 16.7 Å². The van der Waals surface area contributed by atoms with E-state index in [1.807, 2.05) is 0 Å². The topological polar surface area (TPSA) is 54.4 Å². The molecule has 2 aromatic rings. The number of ketones is 1. The van der Waals surface area contributed by atoms with E-state index in [2.05, 4.69) is 39.0 Å². The van der Waals surface area contributed by atoms with Crippen molar-refractivity contribution in [2.45, 2.75) is 41.9 Å². The first-order valence-corrected chi connectivity index (χ1v) is 10.0. The molecule has 3 nitrogen and oxygen atoms in total. The molecular formula is C21H18O3S2. The highest BCUT2D eigenvalue weighted by Crippen LogP contribution is 2.56. The van der Waals surface area contributed by atoms with Crippen molar-refractivity contribution >= 4 is 35.3 Å². The van der Waals surface area contributed by atoms with E-state index in [9.17, 15) is 14.7 Å². The van der Waals surface area contributed by atoms with E-state index in [1.165, 1.54) is 29.1 Å². The summed E-state index contributed by atoms with van der Waals surface area (Å²) in [5.74, 6) is -2.02. The fourth-order valence-corrected chi connectivity index (χ4v) is 5.97. The fourth-order valence-electron chi connectivity index (χ4n) is 3.32. The maximum atomic E-state index is 12.9. The second kappa shape index (κ2) is 6.03. The number of Topliss-reactive ketones (excluding diaryl/α,β-unsaturated/α-hetero) is 1. The van der Waals surface area contributed by atoms with E-state index in [4.69, 9.17) is 0 Å². The lowest BCUT2D eigenvalue weighted by Gasteiger charge is -2.19. The molecule has 0 radical (unpaired) electrons. The van der Waals surface area contributed by atoms with E-state index in [-0.39, 0.29) is 11.2 Å². The molecule has 1 aliphatic carbocycles. The molecule has 26 heavy (non-hydrogen) atoms. The Labute approximate surface area is 160 Å². The van der Waals surface area contributed by atoms with Crippen LogP contribution >= 0.6 is 23.5 Å². The summed E-state index contributed by atoms with van der Waals surface area (Å²) >= 11 is 3.02. The van der Waals surface area contributed by atoms with Gasteiger partial charge in [0.05, 0.1) is 4.24 Å². The monoisotopic (exact) mass is 382 g/mol. The van der Waals surface area contributed by atoms with Crippen molar-refractivity contribution in [1.82, 2.24) is 0 Å². The number of carboxylic acid groups (broad SMARTS) is 1. The highest BCUT2D eigenvalue weighted by Gasteiger charge is 2.42. The van der Waals surface area contributed by atoms with Crippen LogP contribution in [0.15, 0.2) is 62.1 Å². The standard InChI is InChI=1S/C21H18O3S2/c1-21(2,3)11-8-9-14-15(10-11)26-20(25-14)17-16(19(23)24)12-6-4-5-7-13(12)18(17)22/h4-10,16H,1-3H3,(H,23,24). The Morgan fingerprint density at radius 1 is 1.04 bits per heavy atom. The van der Waals surface area contributed by atoms with Crippen LogP contribution in [0.25, 0.3) is 0 Å². The van der Waals surface area contributed by atoms with Crippen molar-refractivity contribution in [3.8, 4) is 0 Å². The van der Waals surface area contributed by atoms with E-state index >= 15 is 0 Å². The lowest BCUT2D eigenvalue weighted by Crippen LogP contribution is -2.12. The van der Waals surface area contributed by atoms with Crippen molar-refractivity contribution < 1.29 is 14.7 Å². The van der Waals surface area contributed by atoms with Crippen LogP contribution in [0.5, 0.6) is 0 Å². The second-order valence-electron chi connectivity index (χ2n) is 7.50. The third-order valence-corrected chi connectivity index (χ3v) is 7.31. The van der Waals surface area contributed by atoms with Gasteiger partial charge in [0, 0.05) is 20.9 Å². The molecule has 0 aromatic heterocycles. The van der Waals surface area contributed by atoms with Crippen LogP contribution in [0.4, 0.5) is 0 Å². The molecule has 4 rings (SSSR count). The van der Waals surface area contributed by atoms with Crippen LogP contribution in [-0.4, -0.2) is 16.9 Å². The number of rotatable bonds is 1. The van der Waals surface area contributed by atoms with Gasteiger partial charge in [0.25, 0.3) is 0 Å². The summed E-state index contributed by atoms with van der Waals surface area (Å²) < 4.78 is 0.791. The van der Waals surface area contributed by atoms with Gasteiger partial charge in [-0.1, -0.05) is 74.6 Å². The highest BCUT2D eigenvalue weighted by atomic mass is 32.2. The van der Waals surface area contributed by atoms with Gasteiger partial charge in [-0.2, -0.15) is 0 Å². The summed E-state index contributed by atoms with van der Waals surface area (Å²) in [5.41, 5.74) is 2.78. The summed E-state index contributed by atoms with van der Waals surface area (Å²) in [7, 11) is 0. The van der Waals surface area contributed by atoms with Gasteiger partial charge in [0.1, 0.15) is 5.92 Å². The normalized spacial score (nSPS) is 21.7. The van der Waals surface area contributed by atoms with Gasteiger partial charge in [-0.25, -0.2) is 0 Å². The van der Waals surface area contributed by atoms with Crippen LogP contribution in [0.2, 0.25) is 0 Å². The Morgan fingerprint density at radius 3 is 2.42 bits per heavy atom. The molecule has 0 spiro atoms. The fraction of sp³-hybridized carbons (Fsp3) is 0.238. The highest BCUT2D eigenvalue weighted by molar-refractivity contribution is 8.24. The quantitative estimate of drug-likeness (QED) is 0.664. The summed E-state index contributed by atoms with van der Waals surface area (Å²) in [6.07, 6.45) is 0. The predicted molar refractivity (Wildman–Crippen MR) is 105 cm³/mol. The van der Waals surface area contributed by atoms with Crippen LogP contribution < -0.4 is 0 Å². The van der Waals surface area contributed by atoms with Gasteiger partial charge >= 0.3 is 5.97 Å². The van der Waals surface area contributed by atoms with Crippen molar-refractivity contribution in [3.63, 3.8) is 0 Å². The van der Waals surface area contributed by atoms with Crippen LogP contribution in [0.3, 0.4) is 0 Å². The Bertz CT molecular complexity index is 983. The first-order chi connectivity index (χ1) is 12.3. The molecule has 0 bridgehead atoms. The zero-order valence-electron chi connectivity index (χ0n) is 14.7. The number of thioether (sulfide) groups is 2. The second-order valence-corrected chi connectivity index (χ2v) is 9.87. The van der Waals surface area contributed by atoms with Gasteiger partial charge in [0.2, 0.25) is 0 Å². The van der Waals surface area contributed by atoms with Crippen molar-refractivity contribution in [2.24, 2.45) is 0 Å². The molecule has 1 atom stereocenters. The number of benzene rings is 2. The summed E-state index contributed by atoms with van der Waals surface area (Å²) in [6.45, 7) is 6.50. The van der Waals surface area contributed by atoms with Crippen molar-refractivity contribution in [3.05, 3.63) is 69.0 Å². The zero-order chi connectivity index (χ0) is 18.6. The molecule has 0 saturated carbocycles. The molecule has 132 valence electrons. The average Bonchev–Trinajstić information content (AvgIpc) is 3.12. The van der Waals surface area contributed by atoms with Gasteiger partial charge < -0.3 is 5.11 Å². The van der Waals surface area contributed by atoms with E-state index in [1.54, 1.807) is 24.3 Å². The minimum atomic E-state index is -0.974. The average molecular weight is 383 g/mol. The number of carbonyl (C=O) groups excluding carboxylic acids is 1. The third-order valence-electron chi connectivity index (χ3n) is 4.73. The van der Waals surface area contributed by atoms with Gasteiger partial charge in [0.15, 0.2) is 5.78 Å². The smallest absolute Gasteiger partial charge is 0.315 e. The van der Waals surface area contributed by atoms with E-state index in [0.717, 1.165) is 14.0 Å². The Balaban J connectivity index is 1.80. The largest absolute Gasteiger partial charge is 0.481 e. The molecule has 0 amide bonds. The van der Waals surface area contributed by atoms with Crippen molar-refractivity contribution in [1.29, 1.82) is 0 Å². The maximum Gasteiger partial charge on any atom is 0.315 e. The predicted octanol–water partition coefficient (Wildman–Crippen LogP) is 5.46. The molecule has 1 N–H and O–H groups in total. The zero-order valence-corrected chi connectivity index (χ0v) is 16.3. The number of fused-ring (bicyclic) bond motifs is 2. The minimum absolute atomic E-state index is 0.0408. The molecule has 1 aliphatic heterocycles. The lowest BCUT2D eigenvalue weighted by atomic mass is 9.87. The van der Waals surface area contributed by atoms with Gasteiger partial charge in [-0.15, -0.1) is 0 Å². The maximum absolute atomic E-state index is 12.9. The van der Waals surface area contributed by atoms with Gasteiger partial charge in [-0.3, -0.25) is 9.59 Å². The third kappa shape index (κ3) is 2.70. The molecule has 5 heteroatoms. The number of aliphatic carboxylic acids is 1. The first kappa shape index (κ1) is 17.4. The number of hydrogen-bond donors (Lipinski definition) is 1.